The van der Waals surface area contributed by atoms with E-state index in [2.05, 4.69) is 4.18 Å². The largest absolute Gasteiger partial charge is 0.333 e. The lowest BCUT2D eigenvalue weighted by molar-refractivity contribution is 0.162. The third-order valence-corrected chi connectivity index (χ3v) is 2.36. The van der Waals surface area contributed by atoms with E-state index in [0.717, 1.165) is 25.7 Å². The first kappa shape index (κ1) is 12.6. The van der Waals surface area contributed by atoms with Gasteiger partial charge in [0.25, 0.3) is 0 Å². The van der Waals surface area contributed by atoms with Crippen molar-refractivity contribution in [3.63, 3.8) is 0 Å². The Kier molecular flexibility index (Phi) is 5.67. The Hall–Kier alpha value is 0.636. The molecule has 12 heavy (non-hydrogen) atoms. The molecule has 70 valence electrons. The summed E-state index contributed by atoms with van der Waals surface area (Å²) in [6.45, 7) is 0. The fourth-order valence-electron chi connectivity index (χ4n) is 1.35. The summed E-state index contributed by atoms with van der Waals surface area (Å²) < 4.78 is 25.5. The summed E-state index contributed by atoms with van der Waals surface area (Å²) in [5, 5.41) is 4.72. The van der Waals surface area contributed by atoms with Gasteiger partial charge >= 0.3 is 33.4 Å². The first-order chi connectivity index (χ1) is 5.08. The second-order valence-electron chi connectivity index (χ2n) is 2.85. The molecule has 0 amide bonds. The van der Waals surface area contributed by atoms with Gasteiger partial charge in [-0.05, 0) is 12.8 Å². The average molecular weight is 206 g/mol. The van der Waals surface area contributed by atoms with E-state index in [1.165, 1.54) is 6.42 Å². The third-order valence-electron chi connectivity index (χ3n) is 1.82. The second-order valence-corrected chi connectivity index (χ2v) is 4.03. The van der Waals surface area contributed by atoms with Crippen molar-refractivity contribution in [3.05, 3.63) is 0 Å². The highest BCUT2D eigenvalue weighted by molar-refractivity contribution is 7.84. The molecular weight excluding hydrogens is 190 g/mol. The van der Waals surface area contributed by atoms with E-state index >= 15 is 0 Å². The van der Waals surface area contributed by atoms with Crippen molar-refractivity contribution in [3.8, 4) is 0 Å². The van der Waals surface area contributed by atoms with Crippen LogP contribution in [-0.4, -0.2) is 37.6 Å². The van der Waals surface area contributed by atoms with Crippen LogP contribution in [0.15, 0.2) is 0 Å². The molecule has 2 N–H and O–H groups in total. The maximum absolute atomic E-state index is 10.5. The van der Waals surface area contributed by atoms with Crippen molar-refractivity contribution in [2.24, 2.45) is 5.14 Å². The van der Waals surface area contributed by atoms with Crippen LogP contribution < -0.4 is 5.14 Å². The molecule has 1 aliphatic rings. The summed E-state index contributed by atoms with van der Waals surface area (Å²) in [7, 11) is -3.72. The van der Waals surface area contributed by atoms with E-state index < -0.39 is 10.3 Å². The van der Waals surface area contributed by atoms with Crippen LogP contribution in [0.25, 0.3) is 0 Å². The Morgan fingerprint density at radius 1 is 1.17 bits per heavy atom. The molecule has 0 aromatic heterocycles. The molecule has 1 saturated carbocycles. The summed E-state index contributed by atoms with van der Waals surface area (Å²) >= 11 is 0. The smallest absolute Gasteiger partial charge is 0.255 e. The lowest BCUT2D eigenvalue weighted by Gasteiger charge is -2.19. The molecule has 1 aliphatic carbocycles. The molecule has 0 radical (unpaired) electrons. The van der Waals surface area contributed by atoms with Gasteiger partial charge in [0.05, 0.1) is 6.10 Å². The molecule has 6 heteroatoms. The topological polar surface area (TPSA) is 69.4 Å². The van der Waals surface area contributed by atoms with Gasteiger partial charge in [-0.1, -0.05) is 19.3 Å². The highest BCUT2D eigenvalue weighted by Crippen LogP contribution is 2.20. The predicted octanol–water partition coefficient (Wildman–Crippen LogP) is -0.377. The monoisotopic (exact) mass is 205 g/mol. The van der Waals surface area contributed by atoms with Crippen molar-refractivity contribution >= 4 is 33.4 Å². The van der Waals surface area contributed by atoms with E-state index in [1.54, 1.807) is 0 Å². The van der Waals surface area contributed by atoms with Gasteiger partial charge < -0.3 is 0 Å². The second kappa shape index (κ2) is 5.38. The standard InChI is InChI=1S/C6H13NO3S.Mg.2H/c7-11(8,9)10-6-4-2-1-3-5-6;;;/h6H,1-5H2,(H2,7,8,9);;;. The first-order valence-electron chi connectivity index (χ1n) is 3.79. The highest BCUT2D eigenvalue weighted by atomic mass is 32.2. The fraction of sp³-hybridized carbons (Fsp3) is 1.00. The SMILES string of the molecule is NS(=O)(=O)OC1CCCCC1.[MgH2]. The van der Waals surface area contributed by atoms with Gasteiger partial charge in [0.2, 0.25) is 0 Å². The summed E-state index contributed by atoms with van der Waals surface area (Å²) in [5.41, 5.74) is 0. The van der Waals surface area contributed by atoms with Crippen molar-refractivity contribution in [2.75, 3.05) is 0 Å². The summed E-state index contributed by atoms with van der Waals surface area (Å²) in [4.78, 5) is 0. The van der Waals surface area contributed by atoms with E-state index in [-0.39, 0.29) is 29.2 Å². The van der Waals surface area contributed by atoms with Crippen molar-refractivity contribution in [2.45, 2.75) is 38.2 Å². The van der Waals surface area contributed by atoms with Gasteiger partial charge in [-0.2, -0.15) is 8.42 Å². The van der Waals surface area contributed by atoms with Gasteiger partial charge in [-0.15, -0.1) is 0 Å². The lowest BCUT2D eigenvalue weighted by Crippen LogP contribution is -2.25. The van der Waals surface area contributed by atoms with Gasteiger partial charge in [-0.25, -0.2) is 5.14 Å². The van der Waals surface area contributed by atoms with Crippen LogP contribution in [0.5, 0.6) is 0 Å². The summed E-state index contributed by atoms with van der Waals surface area (Å²) in [5.74, 6) is 0. The van der Waals surface area contributed by atoms with Crippen LogP contribution in [-0.2, 0) is 14.5 Å². The van der Waals surface area contributed by atoms with Crippen molar-refractivity contribution in [1.82, 2.24) is 0 Å². The average Bonchev–Trinajstić information content (AvgIpc) is 1.85. The molecule has 0 aliphatic heterocycles. The molecule has 0 saturated heterocycles. The first-order valence-corrected chi connectivity index (χ1v) is 5.26. The maximum Gasteiger partial charge on any atom is 0.333 e. The molecule has 0 bridgehead atoms. The number of hydrogen-bond acceptors (Lipinski definition) is 3. The Morgan fingerprint density at radius 3 is 2.08 bits per heavy atom. The van der Waals surface area contributed by atoms with E-state index in [9.17, 15) is 8.42 Å². The minimum absolute atomic E-state index is 0. The van der Waals surface area contributed by atoms with Crippen LogP contribution >= 0.6 is 0 Å². The molecule has 0 aromatic carbocycles. The van der Waals surface area contributed by atoms with Gasteiger partial charge in [0, 0.05) is 0 Å². The zero-order chi connectivity index (χ0) is 8.32. The molecule has 0 unspecified atom stereocenters. The number of rotatable bonds is 2. The minimum Gasteiger partial charge on any atom is -0.255 e. The Balaban J connectivity index is 0.00000121. The van der Waals surface area contributed by atoms with Crippen LogP contribution in [0.3, 0.4) is 0 Å². The Morgan fingerprint density at radius 2 is 1.67 bits per heavy atom. The third kappa shape index (κ3) is 5.31. The van der Waals surface area contributed by atoms with E-state index in [1.807, 2.05) is 0 Å². The quantitative estimate of drug-likeness (QED) is 0.625. The van der Waals surface area contributed by atoms with Crippen molar-refractivity contribution < 1.29 is 12.6 Å². The molecule has 0 aromatic rings. The molecule has 1 fully saturated rings. The normalized spacial score (nSPS) is 20.1. The van der Waals surface area contributed by atoms with Gasteiger partial charge in [-0.3, -0.25) is 4.18 Å². The van der Waals surface area contributed by atoms with Crippen LogP contribution in [0.1, 0.15) is 32.1 Å². The molecule has 4 nitrogen and oxygen atoms in total. The Bertz CT molecular complexity index is 211. The van der Waals surface area contributed by atoms with Crippen molar-refractivity contribution in [1.29, 1.82) is 0 Å². The predicted molar refractivity (Wildman–Crippen MR) is 49.6 cm³/mol. The van der Waals surface area contributed by atoms with Crippen LogP contribution in [0.4, 0.5) is 0 Å². The lowest BCUT2D eigenvalue weighted by atomic mass is 9.98. The number of hydrogen-bond donors (Lipinski definition) is 1. The zero-order valence-electron chi connectivity index (χ0n) is 6.32. The summed E-state index contributed by atoms with van der Waals surface area (Å²) in [6, 6.07) is 0. The fourth-order valence-corrected chi connectivity index (χ4v) is 1.92. The molecule has 1 rings (SSSR count). The maximum atomic E-state index is 10.5. The Labute approximate surface area is 89.3 Å². The molecule has 0 atom stereocenters. The number of nitrogens with two attached hydrogens (primary N) is 1. The van der Waals surface area contributed by atoms with Gasteiger partial charge in [0.15, 0.2) is 0 Å². The van der Waals surface area contributed by atoms with Crippen LogP contribution in [0, 0.1) is 0 Å². The molecule has 0 spiro atoms. The van der Waals surface area contributed by atoms with Gasteiger partial charge in [0.1, 0.15) is 0 Å². The summed E-state index contributed by atoms with van der Waals surface area (Å²) in [6.07, 6.45) is 4.72. The minimum atomic E-state index is -3.72. The zero-order valence-corrected chi connectivity index (χ0v) is 7.14. The highest BCUT2D eigenvalue weighted by Gasteiger charge is 2.18. The molecular formula is C6H15MgNO3S. The van der Waals surface area contributed by atoms with E-state index in [4.69, 9.17) is 5.14 Å². The molecule has 0 heterocycles. The van der Waals surface area contributed by atoms with E-state index in [0.29, 0.717) is 0 Å². The van der Waals surface area contributed by atoms with Crippen LogP contribution in [0.2, 0.25) is 0 Å².